The Hall–Kier alpha value is -1.26. The minimum absolute atomic E-state index is 0.131. The van der Waals surface area contributed by atoms with Gasteiger partial charge in [0.1, 0.15) is 11.5 Å². The van der Waals surface area contributed by atoms with E-state index in [-0.39, 0.29) is 11.5 Å². The van der Waals surface area contributed by atoms with Gasteiger partial charge in [-0.1, -0.05) is 0 Å². The molecule has 0 saturated carbocycles. The predicted molar refractivity (Wildman–Crippen MR) is 65.4 cm³/mol. The van der Waals surface area contributed by atoms with Crippen LogP contribution in [0, 0.1) is 0 Å². The van der Waals surface area contributed by atoms with Crippen LogP contribution in [0.15, 0.2) is 18.2 Å². The molecule has 1 heterocycles. The molecule has 0 aromatic heterocycles. The Morgan fingerprint density at radius 1 is 1.06 bits per heavy atom. The number of hydrogen-bond acceptors (Lipinski definition) is 4. The largest absolute Gasteiger partial charge is 0.508 e. The van der Waals surface area contributed by atoms with Crippen molar-refractivity contribution in [2.75, 3.05) is 32.8 Å². The third kappa shape index (κ3) is 3.91. The van der Waals surface area contributed by atoms with Crippen LogP contribution in [0.5, 0.6) is 11.5 Å². The summed E-state index contributed by atoms with van der Waals surface area (Å²) in [7, 11) is 0. The van der Waals surface area contributed by atoms with E-state index in [1.807, 2.05) is 0 Å². The van der Waals surface area contributed by atoms with Crippen LogP contribution >= 0.6 is 0 Å². The van der Waals surface area contributed by atoms with Crippen molar-refractivity contribution < 1.29 is 14.9 Å². The smallest absolute Gasteiger partial charge is 0.119 e. The SMILES string of the molecule is Oc1cc(O)cc(CCCN2CCOCC2)c1. The van der Waals surface area contributed by atoms with Gasteiger partial charge in [-0.2, -0.15) is 0 Å². The molecule has 2 N–H and O–H groups in total. The van der Waals surface area contributed by atoms with Gasteiger partial charge in [0.25, 0.3) is 0 Å². The summed E-state index contributed by atoms with van der Waals surface area (Å²) in [5.74, 6) is 0.262. The van der Waals surface area contributed by atoms with E-state index >= 15 is 0 Å². The molecular weight excluding hydrogens is 218 g/mol. The fourth-order valence-electron chi connectivity index (χ4n) is 2.13. The number of rotatable bonds is 4. The topological polar surface area (TPSA) is 52.9 Å². The molecule has 4 heteroatoms. The summed E-state index contributed by atoms with van der Waals surface area (Å²) in [5, 5.41) is 18.7. The van der Waals surface area contributed by atoms with Crippen LogP contribution in [0.3, 0.4) is 0 Å². The number of ether oxygens (including phenoxy) is 1. The van der Waals surface area contributed by atoms with Gasteiger partial charge in [-0.3, -0.25) is 4.90 Å². The molecule has 94 valence electrons. The molecule has 0 spiro atoms. The number of morpholine rings is 1. The third-order valence-corrected chi connectivity index (χ3v) is 3.01. The molecule has 1 fully saturated rings. The number of phenols is 2. The van der Waals surface area contributed by atoms with Crippen LogP contribution in [0.1, 0.15) is 12.0 Å². The first-order chi connectivity index (χ1) is 8.24. The highest BCUT2D eigenvalue weighted by Gasteiger charge is 2.09. The van der Waals surface area contributed by atoms with Crippen molar-refractivity contribution in [2.24, 2.45) is 0 Å². The van der Waals surface area contributed by atoms with Gasteiger partial charge in [0.15, 0.2) is 0 Å². The average Bonchev–Trinajstić information content (AvgIpc) is 2.29. The summed E-state index contributed by atoms with van der Waals surface area (Å²) < 4.78 is 5.29. The summed E-state index contributed by atoms with van der Waals surface area (Å²) in [6.45, 7) is 4.70. The fourth-order valence-corrected chi connectivity index (χ4v) is 2.13. The first-order valence-corrected chi connectivity index (χ1v) is 6.06. The van der Waals surface area contributed by atoms with E-state index in [2.05, 4.69) is 4.90 Å². The quantitative estimate of drug-likeness (QED) is 0.830. The van der Waals surface area contributed by atoms with Gasteiger partial charge in [0.2, 0.25) is 0 Å². The molecule has 0 aliphatic carbocycles. The lowest BCUT2D eigenvalue weighted by atomic mass is 10.1. The van der Waals surface area contributed by atoms with Crippen molar-refractivity contribution in [1.29, 1.82) is 0 Å². The van der Waals surface area contributed by atoms with E-state index in [1.54, 1.807) is 12.1 Å². The maximum atomic E-state index is 9.35. The molecule has 1 aromatic carbocycles. The third-order valence-electron chi connectivity index (χ3n) is 3.01. The minimum Gasteiger partial charge on any atom is -0.508 e. The van der Waals surface area contributed by atoms with Gasteiger partial charge in [-0.25, -0.2) is 0 Å². The molecule has 1 aliphatic heterocycles. The van der Waals surface area contributed by atoms with Gasteiger partial charge in [-0.15, -0.1) is 0 Å². The summed E-state index contributed by atoms with van der Waals surface area (Å²) in [6, 6.07) is 4.77. The summed E-state index contributed by atoms with van der Waals surface area (Å²) >= 11 is 0. The Morgan fingerprint density at radius 3 is 2.35 bits per heavy atom. The molecule has 1 saturated heterocycles. The van der Waals surface area contributed by atoms with Crippen molar-refractivity contribution in [2.45, 2.75) is 12.8 Å². The van der Waals surface area contributed by atoms with E-state index in [4.69, 9.17) is 4.74 Å². The molecule has 4 nitrogen and oxygen atoms in total. The van der Waals surface area contributed by atoms with Crippen molar-refractivity contribution in [3.05, 3.63) is 23.8 Å². The summed E-state index contributed by atoms with van der Waals surface area (Å²) in [4.78, 5) is 2.38. The number of benzene rings is 1. The van der Waals surface area contributed by atoms with Gasteiger partial charge in [0.05, 0.1) is 13.2 Å². The van der Waals surface area contributed by atoms with Gasteiger partial charge in [-0.05, 0) is 37.1 Å². The Morgan fingerprint density at radius 2 is 1.71 bits per heavy atom. The second-order valence-corrected chi connectivity index (χ2v) is 4.42. The number of hydrogen-bond donors (Lipinski definition) is 2. The standard InChI is InChI=1S/C13H19NO3/c15-12-8-11(9-13(16)10-12)2-1-3-14-4-6-17-7-5-14/h8-10,15-16H,1-7H2. The lowest BCUT2D eigenvalue weighted by molar-refractivity contribution is 0.0374. The lowest BCUT2D eigenvalue weighted by Crippen LogP contribution is -2.36. The van der Waals surface area contributed by atoms with Crippen molar-refractivity contribution >= 4 is 0 Å². The van der Waals surface area contributed by atoms with E-state index in [9.17, 15) is 10.2 Å². The van der Waals surface area contributed by atoms with Crippen LogP contribution in [0.2, 0.25) is 0 Å². The number of aryl methyl sites for hydroxylation is 1. The summed E-state index contributed by atoms with van der Waals surface area (Å²) in [6.07, 6.45) is 1.90. The molecular formula is C13H19NO3. The van der Waals surface area contributed by atoms with Crippen LogP contribution in [0.4, 0.5) is 0 Å². The molecule has 0 atom stereocenters. The Bertz CT molecular complexity index is 341. The summed E-state index contributed by atoms with van der Waals surface area (Å²) in [5.41, 5.74) is 0.982. The molecule has 17 heavy (non-hydrogen) atoms. The molecule has 1 aromatic rings. The van der Waals surface area contributed by atoms with Crippen molar-refractivity contribution in [3.63, 3.8) is 0 Å². The highest BCUT2D eigenvalue weighted by atomic mass is 16.5. The second-order valence-electron chi connectivity index (χ2n) is 4.42. The van der Waals surface area contributed by atoms with Crippen molar-refractivity contribution in [1.82, 2.24) is 4.90 Å². The van der Waals surface area contributed by atoms with Crippen LogP contribution < -0.4 is 0 Å². The molecule has 0 radical (unpaired) electrons. The second kappa shape index (κ2) is 5.89. The normalized spacial score (nSPS) is 17.2. The van der Waals surface area contributed by atoms with E-state index in [1.165, 1.54) is 6.07 Å². The first kappa shape index (κ1) is 12.2. The van der Waals surface area contributed by atoms with Gasteiger partial charge in [0, 0.05) is 19.2 Å². The average molecular weight is 237 g/mol. The Balaban J connectivity index is 1.77. The van der Waals surface area contributed by atoms with E-state index < -0.39 is 0 Å². The maximum absolute atomic E-state index is 9.35. The first-order valence-electron chi connectivity index (χ1n) is 6.06. The molecule has 0 unspecified atom stereocenters. The van der Waals surface area contributed by atoms with E-state index in [0.29, 0.717) is 0 Å². The van der Waals surface area contributed by atoms with Gasteiger partial charge >= 0.3 is 0 Å². The van der Waals surface area contributed by atoms with Crippen molar-refractivity contribution in [3.8, 4) is 11.5 Å². The maximum Gasteiger partial charge on any atom is 0.119 e. The molecule has 0 bridgehead atoms. The number of nitrogens with zero attached hydrogens (tertiary/aromatic N) is 1. The minimum atomic E-state index is 0.131. The number of phenolic OH excluding ortho intramolecular Hbond substituents is 2. The highest BCUT2D eigenvalue weighted by molar-refractivity contribution is 5.36. The van der Waals surface area contributed by atoms with Crippen LogP contribution in [0.25, 0.3) is 0 Å². The fraction of sp³-hybridized carbons (Fsp3) is 0.538. The molecule has 2 rings (SSSR count). The Kier molecular flexibility index (Phi) is 4.23. The molecule has 1 aliphatic rings. The highest BCUT2D eigenvalue weighted by Crippen LogP contribution is 2.21. The zero-order valence-electron chi connectivity index (χ0n) is 9.93. The zero-order chi connectivity index (χ0) is 12.1. The van der Waals surface area contributed by atoms with Gasteiger partial charge < -0.3 is 14.9 Å². The predicted octanol–water partition coefficient (Wildman–Crippen LogP) is 1.36. The Labute approximate surface area is 101 Å². The van der Waals surface area contributed by atoms with Crippen LogP contribution in [-0.2, 0) is 11.2 Å². The van der Waals surface area contributed by atoms with E-state index in [0.717, 1.165) is 51.3 Å². The molecule has 0 amide bonds. The lowest BCUT2D eigenvalue weighted by Gasteiger charge is -2.26. The monoisotopic (exact) mass is 237 g/mol. The zero-order valence-corrected chi connectivity index (χ0v) is 9.93. The van der Waals surface area contributed by atoms with Crippen LogP contribution in [-0.4, -0.2) is 48.0 Å². The number of aromatic hydroxyl groups is 2.